The van der Waals surface area contributed by atoms with E-state index in [2.05, 4.69) is 5.32 Å². The van der Waals surface area contributed by atoms with Crippen LogP contribution in [0.4, 0.5) is 0 Å². The van der Waals surface area contributed by atoms with Crippen molar-refractivity contribution in [2.75, 3.05) is 19.7 Å². The van der Waals surface area contributed by atoms with Crippen LogP contribution in [-0.4, -0.2) is 44.4 Å². The van der Waals surface area contributed by atoms with Crippen molar-refractivity contribution >= 4 is 15.9 Å². The maximum absolute atomic E-state index is 13.6. The number of sulfonamides is 1. The number of amides is 1. The van der Waals surface area contributed by atoms with Gasteiger partial charge in [0.2, 0.25) is 15.9 Å². The minimum Gasteiger partial charge on any atom is -0.379 e. The van der Waals surface area contributed by atoms with Gasteiger partial charge in [-0.2, -0.15) is 4.31 Å². The first kappa shape index (κ1) is 25.0. The summed E-state index contributed by atoms with van der Waals surface area (Å²) in [4.78, 5) is 12.9. The van der Waals surface area contributed by atoms with Gasteiger partial charge in [0.25, 0.3) is 0 Å². The van der Waals surface area contributed by atoms with Gasteiger partial charge in [-0.15, -0.1) is 0 Å². The molecule has 0 aliphatic rings. The van der Waals surface area contributed by atoms with E-state index in [-0.39, 0.29) is 30.0 Å². The van der Waals surface area contributed by atoms with Crippen LogP contribution in [0.2, 0.25) is 0 Å². The van der Waals surface area contributed by atoms with Crippen LogP contribution in [-0.2, 0) is 26.1 Å². The average Bonchev–Trinajstić information content (AvgIpc) is 2.66. The molecule has 170 valence electrons. The normalized spacial score (nSPS) is 11.8. The summed E-state index contributed by atoms with van der Waals surface area (Å²) in [5.74, 6) is -0.327. The second-order valence-corrected chi connectivity index (χ2v) is 9.98. The molecule has 31 heavy (non-hydrogen) atoms. The third kappa shape index (κ3) is 7.45. The van der Waals surface area contributed by atoms with Crippen molar-refractivity contribution in [2.45, 2.75) is 58.6 Å². The van der Waals surface area contributed by atoms with Crippen LogP contribution in [0.5, 0.6) is 0 Å². The lowest BCUT2D eigenvalue weighted by atomic mass is 10.1. The molecule has 0 saturated heterocycles. The minimum absolute atomic E-state index is 0.125. The Bertz CT molecular complexity index is 949. The van der Waals surface area contributed by atoms with Gasteiger partial charge in [0.15, 0.2) is 0 Å². The maximum atomic E-state index is 13.6. The zero-order chi connectivity index (χ0) is 23.0. The highest BCUT2D eigenvalue weighted by atomic mass is 32.2. The van der Waals surface area contributed by atoms with Crippen molar-refractivity contribution in [1.82, 2.24) is 9.62 Å². The Kier molecular flexibility index (Phi) is 9.22. The van der Waals surface area contributed by atoms with E-state index in [0.717, 1.165) is 11.1 Å². The number of benzene rings is 2. The van der Waals surface area contributed by atoms with Crippen LogP contribution in [0.15, 0.2) is 47.4 Å². The summed E-state index contributed by atoms with van der Waals surface area (Å²) < 4.78 is 33.9. The molecule has 0 heterocycles. The lowest BCUT2D eigenvalue weighted by Gasteiger charge is -2.24. The van der Waals surface area contributed by atoms with Crippen LogP contribution < -0.4 is 5.32 Å². The van der Waals surface area contributed by atoms with Gasteiger partial charge in [-0.05, 0) is 57.7 Å². The first-order chi connectivity index (χ1) is 14.6. The molecule has 6 nitrogen and oxygen atoms in total. The molecule has 0 aliphatic heterocycles. The van der Waals surface area contributed by atoms with E-state index in [9.17, 15) is 13.2 Å². The number of ether oxygens (including phenoxy) is 1. The zero-order valence-electron chi connectivity index (χ0n) is 19.1. The van der Waals surface area contributed by atoms with E-state index in [1.54, 1.807) is 13.8 Å². The van der Waals surface area contributed by atoms with Gasteiger partial charge in [-0.25, -0.2) is 8.42 Å². The molecule has 0 unspecified atom stereocenters. The Morgan fingerprint density at radius 3 is 2.26 bits per heavy atom. The Balaban J connectivity index is 2.22. The van der Waals surface area contributed by atoms with Gasteiger partial charge in [0.05, 0.1) is 17.5 Å². The molecular weight excluding hydrogens is 412 g/mol. The van der Waals surface area contributed by atoms with E-state index in [4.69, 9.17) is 4.74 Å². The molecule has 0 saturated carbocycles. The van der Waals surface area contributed by atoms with Crippen molar-refractivity contribution in [3.05, 3.63) is 64.7 Å². The number of carbonyl (C=O) groups is 1. The highest BCUT2D eigenvalue weighted by Crippen LogP contribution is 2.26. The Morgan fingerprint density at radius 2 is 1.68 bits per heavy atom. The summed E-state index contributed by atoms with van der Waals surface area (Å²) in [6, 6.07) is 13.0. The first-order valence-electron chi connectivity index (χ1n) is 10.6. The Morgan fingerprint density at radius 1 is 1.06 bits per heavy atom. The third-order valence-corrected chi connectivity index (χ3v) is 6.92. The predicted octanol–water partition coefficient (Wildman–Crippen LogP) is 3.73. The monoisotopic (exact) mass is 446 g/mol. The second kappa shape index (κ2) is 11.4. The number of carbonyl (C=O) groups excluding carboxylic acids is 1. The second-order valence-electron chi connectivity index (χ2n) is 8.11. The van der Waals surface area contributed by atoms with Gasteiger partial charge in [0.1, 0.15) is 0 Å². The van der Waals surface area contributed by atoms with Crippen molar-refractivity contribution in [3.63, 3.8) is 0 Å². The van der Waals surface area contributed by atoms with Crippen LogP contribution in [0.3, 0.4) is 0 Å². The number of nitrogens with one attached hydrogen (secondary N) is 1. The molecular formula is C24H34N2O4S. The predicted molar refractivity (Wildman–Crippen MR) is 123 cm³/mol. The number of hydrogen-bond acceptors (Lipinski definition) is 4. The van der Waals surface area contributed by atoms with Crippen LogP contribution in [0.25, 0.3) is 0 Å². The molecule has 0 fully saturated rings. The molecule has 0 aromatic heterocycles. The molecule has 0 spiro atoms. The first-order valence-corrected chi connectivity index (χ1v) is 12.1. The van der Waals surface area contributed by atoms with E-state index in [0.29, 0.717) is 30.7 Å². The lowest BCUT2D eigenvalue weighted by molar-refractivity contribution is -0.121. The van der Waals surface area contributed by atoms with E-state index >= 15 is 0 Å². The fourth-order valence-electron chi connectivity index (χ4n) is 3.55. The van der Waals surface area contributed by atoms with Gasteiger partial charge in [-0.1, -0.05) is 48.0 Å². The highest BCUT2D eigenvalue weighted by Gasteiger charge is 2.29. The molecule has 2 rings (SSSR count). The highest BCUT2D eigenvalue weighted by molar-refractivity contribution is 7.89. The van der Waals surface area contributed by atoms with Crippen LogP contribution in [0.1, 0.15) is 42.5 Å². The Hall–Kier alpha value is -2.22. The summed E-state index contributed by atoms with van der Waals surface area (Å²) in [6.07, 6.45) is 0.814. The molecule has 0 radical (unpaired) electrons. The quantitative estimate of drug-likeness (QED) is 0.534. The molecule has 0 aliphatic carbocycles. The largest absolute Gasteiger partial charge is 0.379 e. The zero-order valence-corrected chi connectivity index (χ0v) is 20.0. The lowest BCUT2D eigenvalue weighted by Crippen LogP contribution is -2.41. The number of rotatable bonds is 11. The topological polar surface area (TPSA) is 75.7 Å². The molecule has 2 aromatic carbocycles. The number of hydrogen-bond donors (Lipinski definition) is 1. The molecule has 7 heteroatoms. The molecule has 1 N–H and O–H groups in total. The fraction of sp³-hybridized carbons (Fsp3) is 0.458. The van der Waals surface area contributed by atoms with Crippen molar-refractivity contribution in [2.24, 2.45) is 0 Å². The van der Waals surface area contributed by atoms with E-state index in [1.807, 2.05) is 63.2 Å². The van der Waals surface area contributed by atoms with Crippen molar-refractivity contribution in [3.8, 4) is 0 Å². The molecule has 2 aromatic rings. The molecule has 0 bridgehead atoms. The standard InChI is InChI=1S/C24H34N2O4S/c1-18(2)30-13-9-12-25-23(27)17-26(16-22-10-7-6-8-11-22)31(28,29)24-20(4)14-19(3)15-21(24)5/h6-8,10-11,14-15,18H,9,12-13,16-17H2,1-5H3,(H,25,27). The number of nitrogens with zero attached hydrogens (tertiary/aromatic N) is 1. The van der Waals surface area contributed by atoms with E-state index in [1.165, 1.54) is 4.31 Å². The summed E-state index contributed by atoms with van der Waals surface area (Å²) in [5, 5.41) is 2.81. The van der Waals surface area contributed by atoms with Crippen molar-refractivity contribution < 1.29 is 17.9 Å². The third-order valence-electron chi connectivity index (χ3n) is 4.82. The fourth-order valence-corrected chi connectivity index (χ4v) is 5.35. The van der Waals surface area contributed by atoms with Gasteiger partial charge < -0.3 is 10.1 Å². The van der Waals surface area contributed by atoms with Gasteiger partial charge in [0, 0.05) is 19.7 Å². The smallest absolute Gasteiger partial charge is 0.244 e. The SMILES string of the molecule is Cc1cc(C)c(S(=O)(=O)N(CC(=O)NCCCOC(C)C)Cc2ccccc2)c(C)c1. The summed E-state index contributed by atoms with van der Waals surface area (Å²) in [7, 11) is -3.87. The van der Waals surface area contributed by atoms with Crippen molar-refractivity contribution in [1.29, 1.82) is 0 Å². The molecule has 0 atom stereocenters. The Labute approximate surface area is 186 Å². The average molecular weight is 447 g/mol. The maximum Gasteiger partial charge on any atom is 0.244 e. The molecule has 1 amide bonds. The van der Waals surface area contributed by atoms with Gasteiger partial charge in [-0.3, -0.25) is 4.79 Å². The van der Waals surface area contributed by atoms with Crippen LogP contribution >= 0.6 is 0 Å². The summed E-state index contributed by atoms with van der Waals surface area (Å²) >= 11 is 0. The van der Waals surface area contributed by atoms with Gasteiger partial charge >= 0.3 is 0 Å². The summed E-state index contributed by atoms with van der Waals surface area (Å²) in [5.41, 5.74) is 3.19. The minimum atomic E-state index is -3.87. The number of aryl methyl sites for hydroxylation is 3. The summed E-state index contributed by atoms with van der Waals surface area (Å²) in [6.45, 7) is 10.3. The van der Waals surface area contributed by atoms with Crippen LogP contribution in [0, 0.1) is 20.8 Å². The van der Waals surface area contributed by atoms with E-state index < -0.39 is 10.0 Å².